The Morgan fingerprint density at radius 3 is 2.54 bits per heavy atom. The zero-order valence-corrected chi connectivity index (χ0v) is 19.5. The Bertz CT molecular complexity index is 1140. The van der Waals surface area contributed by atoms with Crippen molar-refractivity contribution < 1.29 is 36.6 Å². The number of amides is 2. The van der Waals surface area contributed by atoms with Gasteiger partial charge in [-0.15, -0.1) is 0 Å². The van der Waals surface area contributed by atoms with Gasteiger partial charge in [0.2, 0.25) is 0 Å². The van der Waals surface area contributed by atoms with Gasteiger partial charge in [0.05, 0.1) is 11.6 Å². The molecule has 188 valence electrons. The number of benzene rings is 2. The highest BCUT2D eigenvalue weighted by atomic mass is 19.4. The Morgan fingerprint density at radius 2 is 1.86 bits per heavy atom. The minimum atomic E-state index is -4.71. The molecule has 4 rings (SSSR count). The van der Waals surface area contributed by atoms with Gasteiger partial charge in [-0.05, 0) is 50.1 Å². The largest absolute Gasteiger partial charge is 0.490 e. The summed E-state index contributed by atoms with van der Waals surface area (Å²) in [6, 6.07) is 6.86. The minimum Gasteiger partial charge on any atom is -0.490 e. The number of hydrogen-bond donors (Lipinski definition) is 1. The molecule has 1 fully saturated rings. The van der Waals surface area contributed by atoms with E-state index >= 15 is 0 Å². The molecule has 0 aliphatic carbocycles. The third-order valence-electron chi connectivity index (χ3n) is 5.88. The van der Waals surface area contributed by atoms with Crippen LogP contribution in [0.3, 0.4) is 0 Å². The topological polar surface area (TPSA) is 67.9 Å². The molecule has 2 atom stereocenters. The zero-order valence-electron chi connectivity index (χ0n) is 19.5. The molecule has 2 amide bonds. The van der Waals surface area contributed by atoms with Crippen LogP contribution in [0.15, 0.2) is 36.4 Å². The zero-order chi connectivity index (χ0) is 25.5. The van der Waals surface area contributed by atoms with Crippen LogP contribution in [0.25, 0.3) is 0 Å². The molecule has 0 radical (unpaired) electrons. The molecular formula is C25H26F4N2O4. The molecule has 1 saturated heterocycles. The first-order valence-corrected chi connectivity index (χ1v) is 11.3. The smallest absolute Gasteiger partial charge is 0.416 e. The van der Waals surface area contributed by atoms with Gasteiger partial charge in [0.25, 0.3) is 5.91 Å². The molecule has 6 nitrogen and oxygen atoms in total. The van der Waals surface area contributed by atoms with E-state index < -0.39 is 41.4 Å². The summed E-state index contributed by atoms with van der Waals surface area (Å²) in [7, 11) is 0. The second-order valence-corrected chi connectivity index (χ2v) is 9.73. The van der Waals surface area contributed by atoms with Crippen LogP contribution in [0.1, 0.15) is 66.7 Å². The van der Waals surface area contributed by atoms with E-state index in [1.165, 1.54) is 0 Å². The first kappa shape index (κ1) is 24.8. The molecule has 2 aliphatic rings. The maximum absolute atomic E-state index is 13.9. The maximum Gasteiger partial charge on any atom is 0.416 e. The van der Waals surface area contributed by atoms with Crippen LogP contribution in [0, 0.1) is 5.82 Å². The fraction of sp³-hybridized carbons (Fsp3) is 0.440. The van der Waals surface area contributed by atoms with Gasteiger partial charge < -0.3 is 19.7 Å². The van der Waals surface area contributed by atoms with Crippen LogP contribution in [-0.4, -0.2) is 35.2 Å². The molecular weight excluding hydrogens is 468 g/mol. The van der Waals surface area contributed by atoms with Crippen LogP contribution in [0.2, 0.25) is 0 Å². The number of alkyl halides is 3. The van der Waals surface area contributed by atoms with Crippen LogP contribution in [-0.2, 0) is 17.5 Å². The number of hydrogen-bond acceptors (Lipinski definition) is 4. The van der Waals surface area contributed by atoms with E-state index in [1.54, 1.807) is 37.8 Å². The standard InChI is InChI=1S/C25H26F4N2O4/c1-24(2,3)35-23(33)31-7-6-18(34-19-10-16(25(27,28)29)9-17(26)11-19)12-21(31)14-4-5-20-15(8-14)13-30-22(20)32/h4-5,8-11,18,21H,6-7,12-13H2,1-3H3,(H,30,32). The number of halogens is 4. The molecule has 1 N–H and O–H groups in total. The molecule has 0 bridgehead atoms. The van der Waals surface area contributed by atoms with Crippen LogP contribution in [0.5, 0.6) is 5.75 Å². The summed E-state index contributed by atoms with van der Waals surface area (Å²) in [4.78, 5) is 26.5. The first-order chi connectivity index (χ1) is 16.3. The highest BCUT2D eigenvalue weighted by molar-refractivity contribution is 5.98. The van der Waals surface area contributed by atoms with Crippen molar-refractivity contribution in [1.29, 1.82) is 0 Å². The Labute approximate surface area is 200 Å². The third kappa shape index (κ3) is 5.68. The highest BCUT2D eigenvalue weighted by Crippen LogP contribution is 2.37. The predicted molar refractivity (Wildman–Crippen MR) is 118 cm³/mol. The quantitative estimate of drug-likeness (QED) is 0.564. The maximum atomic E-state index is 13.9. The fourth-order valence-corrected chi connectivity index (χ4v) is 4.34. The number of ether oxygens (including phenoxy) is 2. The predicted octanol–water partition coefficient (Wildman–Crippen LogP) is 5.61. The van der Waals surface area contributed by atoms with Crippen molar-refractivity contribution in [3.8, 4) is 5.75 Å². The number of carbonyl (C=O) groups is 2. The Kier molecular flexibility index (Phi) is 6.42. The van der Waals surface area contributed by atoms with E-state index in [-0.39, 0.29) is 24.6 Å². The highest BCUT2D eigenvalue weighted by Gasteiger charge is 2.37. The number of likely N-dealkylation sites (tertiary alicyclic amines) is 1. The number of nitrogens with one attached hydrogen (secondary N) is 1. The van der Waals surface area contributed by atoms with E-state index in [0.29, 0.717) is 24.6 Å². The molecule has 0 spiro atoms. The van der Waals surface area contributed by atoms with E-state index in [0.717, 1.165) is 23.3 Å². The second kappa shape index (κ2) is 9.05. The van der Waals surface area contributed by atoms with Crippen molar-refractivity contribution in [3.63, 3.8) is 0 Å². The number of carbonyl (C=O) groups excluding carboxylic acids is 2. The van der Waals surface area contributed by atoms with Gasteiger partial charge in [0, 0.05) is 37.6 Å². The van der Waals surface area contributed by atoms with Gasteiger partial charge in [-0.2, -0.15) is 13.2 Å². The summed E-state index contributed by atoms with van der Waals surface area (Å²) < 4.78 is 64.5. The van der Waals surface area contributed by atoms with Gasteiger partial charge in [-0.25, -0.2) is 9.18 Å². The summed E-state index contributed by atoms with van der Waals surface area (Å²) in [5.74, 6) is -1.45. The van der Waals surface area contributed by atoms with Gasteiger partial charge in [-0.3, -0.25) is 4.79 Å². The average molecular weight is 494 g/mol. The number of fused-ring (bicyclic) bond motifs is 1. The SMILES string of the molecule is CC(C)(C)OC(=O)N1CCC(Oc2cc(F)cc(C(F)(F)F)c2)CC1c1ccc2c(c1)CNC2=O. The molecule has 2 unspecified atom stereocenters. The molecule has 10 heteroatoms. The molecule has 2 aliphatic heterocycles. The van der Waals surface area contributed by atoms with Crippen LogP contribution < -0.4 is 10.1 Å². The van der Waals surface area contributed by atoms with E-state index in [9.17, 15) is 27.2 Å². The van der Waals surface area contributed by atoms with Crippen LogP contribution in [0.4, 0.5) is 22.4 Å². The van der Waals surface area contributed by atoms with E-state index in [4.69, 9.17) is 9.47 Å². The summed E-state index contributed by atoms with van der Waals surface area (Å²) >= 11 is 0. The molecule has 2 aromatic carbocycles. The lowest BCUT2D eigenvalue weighted by molar-refractivity contribution is -0.138. The lowest BCUT2D eigenvalue weighted by Crippen LogP contribution is -2.46. The van der Waals surface area contributed by atoms with Crippen molar-refractivity contribution in [2.45, 2.75) is 64.1 Å². The molecule has 2 aromatic rings. The van der Waals surface area contributed by atoms with E-state index in [2.05, 4.69) is 5.32 Å². The van der Waals surface area contributed by atoms with Gasteiger partial charge in [-0.1, -0.05) is 12.1 Å². The lowest BCUT2D eigenvalue weighted by Gasteiger charge is -2.40. The summed E-state index contributed by atoms with van der Waals surface area (Å²) in [5.41, 5.74) is 0.236. The molecule has 0 aromatic heterocycles. The molecule has 0 saturated carbocycles. The average Bonchev–Trinajstić information content (AvgIpc) is 3.11. The Morgan fingerprint density at radius 1 is 1.11 bits per heavy atom. The summed E-state index contributed by atoms with van der Waals surface area (Å²) in [6.45, 7) is 5.85. The van der Waals surface area contributed by atoms with Gasteiger partial charge in [0.15, 0.2) is 0 Å². The Hall–Kier alpha value is -3.30. The molecule has 35 heavy (non-hydrogen) atoms. The number of nitrogens with zero attached hydrogens (tertiary/aromatic N) is 1. The summed E-state index contributed by atoms with van der Waals surface area (Å²) in [5, 5.41) is 2.75. The lowest BCUT2D eigenvalue weighted by atomic mass is 9.91. The van der Waals surface area contributed by atoms with Crippen molar-refractivity contribution >= 4 is 12.0 Å². The minimum absolute atomic E-state index is 0.174. The summed E-state index contributed by atoms with van der Waals surface area (Å²) in [6.07, 6.45) is -5.25. The van der Waals surface area contributed by atoms with Gasteiger partial charge in [0.1, 0.15) is 23.3 Å². The molecule has 2 heterocycles. The van der Waals surface area contributed by atoms with Crippen molar-refractivity contribution in [2.24, 2.45) is 0 Å². The fourth-order valence-electron chi connectivity index (χ4n) is 4.34. The number of piperidine rings is 1. The monoisotopic (exact) mass is 494 g/mol. The Balaban J connectivity index is 1.61. The third-order valence-corrected chi connectivity index (χ3v) is 5.88. The second-order valence-electron chi connectivity index (χ2n) is 9.73. The van der Waals surface area contributed by atoms with Crippen LogP contribution >= 0.6 is 0 Å². The van der Waals surface area contributed by atoms with Gasteiger partial charge >= 0.3 is 12.3 Å². The first-order valence-electron chi connectivity index (χ1n) is 11.3. The normalized spacial score (nSPS) is 20.3. The van der Waals surface area contributed by atoms with Crippen molar-refractivity contribution in [2.75, 3.05) is 6.54 Å². The van der Waals surface area contributed by atoms with E-state index in [1.807, 2.05) is 6.07 Å². The van der Waals surface area contributed by atoms with Crippen molar-refractivity contribution in [1.82, 2.24) is 10.2 Å². The number of rotatable bonds is 3. The van der Waals surface area contributed by atoms with Crippen molar-refractivity contribution in [3.05, 3.63) is 64.5 Å².